The molecule has 18 heavy (non-hydrogen) atoms. The molecule has 2 rings (SSSR count). The Labute approximate surface area is 103 Å². The van der Waals surface area contributed by atoms with Crippen LogP contribution in [0.2, 0.25) is 0 Å². The fourth-order valence-corrected chi connectivity index (χ4v) is 1.68. The van der Waals surface area contributed by atoms with Gasteiger partial charge in [0.05, 0.1) is 12.3 Å². The Hall–Kier alpha value is -2.30. The average molecular weight is 247 g/mol. The molecule has 0 amide bonds. The van der Waals surface area contributed by atoms with Crippen molar-refractivity contribution in [1.82, 2.24) is 4.40 Å². The normalized spacial score (nSPS) is 10.8. The van der Waals surface area contributed by atoms with Crippen LogP contribution in [0, 0.1) is 0 Å². The number of hydrogen-bond acceptors (Lipinski definition) is 3. The van der Waals surface area contributed by atoms with Gasteiger partial charge < -0.3 is 9.84 Å². The van der Waals surface area contributed by atoms with E-state index in [1.54, 1.807) is 18.2 Å². The summed E-state index contributed by atoms with van der Waals surface area (Å²) in [4.78, 5) is 22.8. The number of pyridine rings is 2. The largest absolute Gasteiger partial charge is 0.489 e. The first-order chi connectivity index (χ1) is 8.49. The summed E-state index contributed by atoms with van der Waals surface area (Å²) in [6.07, 6.45) is 1.49. The monoisotopic (exact) mass is 247 g/mol. The molecule has 0 spiro atoms. The van der Waals surface area contributed by atoms with Gasteiger partial charge in [-0.1, -0.05) is 0 Å². The maximum absolute atomic E-state index is 11.9. The molecule has 0 unspecified atom stereocenters. The van der Waals surface area contributed by atoms with Gasteiger partial charge >= 0.3 is 5.97 Å². The first-order valence-electron chi connectivity index (χ1n) is 5.54. The van der Waals surface area contributed by atoms with Gasteiger partial charge in [0, 0.05) is 5.52 Å². The third-order valence-electron chi connectivity index (χ3n) is 2.43. The lowest BCUT2D eigenvalue weighted by molar-refractivity contribution is 0.0694. The predicted molar refractivity (Wildman–Crippen MR) is 66.4 cm³/mol. The SMILES string of the molecule is CC(C)Oc1ccc2ccc(C(=O)O)c(=O)n2c1. The molecular formula is C13H13NO4. The Morgan fingerprint density at radius 2 is 1.94 bits per heavy atom. The molecule has 0 atom stereocenters. The number of hydrogen-bond donors (Lipinski definition) is 1. The highest BCUT2D eigenvalue weighted by atomic mass is 16.5. The molecule has 5 heteroatoms. The standard InChI is InChI=1S/C13H13NO4/c1-8(2)18-10-5-3-9-4-6-11(13(16)17)12(15)14(9)7-10/h3-8H,1-2H3,(H,16,17). The summed E-state index contributed by atoms with van der Waals surface area (Å²) < 4.78 is 6.75. The molecule has 94 valence electrons. The minimum absolute atomic E-state index is 0.0131. The number of carboxylic acid groups (broad SMARTS) is 1. The van der Waals surface area contributed by atoms with Crippen molar-refractivity contribution in [1.29, 1.82) is 0 Å². The topological polar surface area (TPSA) is 68.0 Å². The van der Waals surface area contributed by atoms with Gasteiger partial charge in [0.15, 0.2) is 0 Å². The highest BCUT2D eigenvalue weighted by molar-refractivity contribution is 5.87. The van der Waals surface area contributed by atoms with Crippen molar-refractivity contribution in [2.75, 3.05) is 0 Å². The van der Waals surface area contributed by atoms with Crippen LogP contribution in [0.5, 0.6) is 5.75 Å². The molecule has 2 aromatic rings. The molecule has 0 saturated carbocycles. The molecule has 0 aromatic carbocycles. The van der Waals surface area contributed by atoms with Crippen LogP contribution in [0.15, 0.2) is 35.3 Å². The molecule has 0 aliphatic carbocycles. The van der Waals surface area contributed by atoms with Gasteiger partial charge in [0.2, 0.25) is 0 Å². The number of aromatic carboxylic acids is 1. The van der Waals surface area contributed by atoms with E-state index in [2.05, 4.69) is 0 Å². The molecule has 5 nitrogen and oxygen atoms in total. The van der Waals surface area contributed by atoms with Crippen LogP contribution in [-0.4, -0.2) is 21.6 Å². The number of ether oxygens (including phenoxy) is 1. The summed E-state index contributed by atoms with van der Waals surface area (Å²) in [5.41, 5.74) is -0.190. The lowest BCUT2D eigenvalue weighted by Gasteiger charge is -2.10. The van der Waals surface area contributed by atoms with Gasteiger partial charge in [0.1, 0.15) is 11.3 Å². The molecule has 0 fully saturated rings. The van der Waals surface area contributed by atoms with Crippen LogP contribution in [0.3, 0.4) is 0 Å². The van der Waals surface area contributed by atoms with Crippen molar-refractivity contribution < 1.29 is 14.6 Å². The van der Waals surface area contributed by atoms with E-state index < -0.39 is 11.5 Å². The Morgan fingerprint density at radius 3 is 2.56 bits per heavy atom. The number of rotatable bonds is 3. The van der Waals surface area contributed by atoms with Gasteiger partial charge in [-0.15, -0.1) is 0 Å². The van der Waals surface area contributed by atoms with E-state index in [-0.39, 0.29) is 11.7 Å². The second-order valence-corrected chi connectivity index (χ2v) is 4.18. The molecule has 0 radical (unpaired) electrons. The second-order valence-electron chi connectivity index (χ2n) is 4.18. The smallest absolute Gasteiger partial charge is 0.341 e. The van der Waals surface area contributed by atoms with Crippen LogP contribution < -0.4 is 10.3 Å². The van der Waals surface area contributed by atoms with Gasteiger partial charge in [-0.25, -0.2) is 4.79 Å². The zero-order chi connectivity index (χ0) is 13.3. The van der Waals surface area contributed by atoms with Crippen LogP contribution in [0.25, 0.3) is 5.52 Å². The highest BCUT2D eigenvalue weighted by Gasteiger charge is 2.10. The van der Waals surface area contributed by atoms with Gasteiger partial charge in [-0.2, -0.15) is 0 Å². The molecule has 2 aromatic heterocycles. The quantitative estimate of drug-likeness (QED) is 0.897. The Kier molecular flexibility index (Phi) is 3.06. The number of carbonyl (C=O) groups is 1. The van der Waals surface area contributed by atoms with E-state index in [0.717, 1.165) is 0 Å². The van der Waals surface area contributed by atoms with Crippen LogP contribution in [-0.2, 0) is 0 Å². The zero-order valence-electron chi connectivity index (χ0n) is 10.1. The molecule has 1 N–H and O–H groups in total. The predicted octanol–water partition coefficient (Wildman–Crippen LogP) is 1.78. The lowest BCUT2D eigenvalue weighted by atomic mass is 10.2. The van der Waals surface area contributed by atoms with Crippen molar-refractivity contribution in [2.45, 2.75) is 20.0 Å². The maximum Gasteiger partial charge on any atom is 0.341 e. The second kappa shape index (κ2) is 4.52. The minimum Gasteiger partial charge on any atom is -0.489 e. The first-order valence-corrected chi connectivity index (χ1v) is 5.54. The van der Waals surface area contributed by atoms with Crippen LogP contribution in [0.4, 0.5) is 0 Å². The van der Waals surface area contributed by atoms with E-state index in [0.29, 0.717) is 11.3 Å². The van der Waals surface area contributed by atoms with E-state index >= 15 is 0 Å². The van der Waals surface area contributed by atoms with Crippen molar-refractivity contribution in [3.05, 3.63) is 46.4 Å². The summed E-state index contributed by atoms with van der Waals surface area (Å²) in [7, 11) is 0. The maximum atomic E-state index is 11.9. The Morgan fingerprint density at radius 1 is 1.28 bits per heavy atom. The molecular weight excluding hydrogens is 234 g/mol. The van der Waals surface area contributed by atoms with Crippen molar-refractivity contribution in [3.8, 4) is 5.75 Å². The van der Waals surface area contributed by atoms with E-state index in [9.17, 15) is 9.59 Å². The third-order valence-corrected chi connectivity index (χ3v) is 2.43. The summed E-state index contributed by atoms with van der Waals surface area (Å²) >= 11 is 0. The molecule has 2 heterocycles. The minimum atomic E-state index is -1.23. The van der Waals surface area contributed by atoms with Gasteiger partial charge in [-0.3, -0.25) is 9.20 Å². The Bertz CT molecular complexity index is 658. The summed E-state index contributed by atoms with van der Waals surface area (Å²) in [6, 6.07) is 6.35. The lowest BCUT2D eigenvalue weighted by Crippen LogP contribution is -2.21. The summed E-state index contributed by atoms with van der Waals surface area (Å²) in [5, 5.41) is 8.90. The van der Waals surface area contributed by atoms with E-state index in [4.69, 9.17) is 9.84 Å². The highest BCUT2D eigenvalue weighted by Crippen LogP contribution is 2.13. The van der Waals surface area contributed by atoms with Crippen molar-refractivity contribution in [2.24, 2.45) is 0 Å². The number of carboxylic acids is 1. The van der Waals surface area contributed by atoms with Crippen molar-refractivity contribution in [3.63, 3.8) is 0 Å². The zero-order valence-corrected chi connectivity index (χ0v) is 10.1. The summed E-state index contributed by atoms with van der Waals surface area (Å²) in [6.45, 7) is 3.75. The molecule has 0 bridgehead atoms. The first kappa shape index (κ1) is 12.2. The molecule has 0 aliphatic heterocycles. The van der Waals surface area contributed by atoms with Crippen molar-refractivity contribution >= 4 is 11.5 Å². The molecule has 0 aliphatic rings. The van der Waals surface area contributed by atoms with Crippen LogP contribution >= 0.6 is 0 Å². The van der Waals surface area contributed by atoms with Gasteiger partial charge in [0.25, 0.3) is 5.56 Å². The van der Waals surface area contributed by atoms with E-state index in [1.165, 1.54) is 16.7 Å². The number of fused-ring (bicyclic) bond motifs is 1. The average Bonchev–Trinajstić information content (AvgIpc) is 2.29. The number of aromatic nitrogens is 1. The summed E-state index contributed by atoms with van der Waals surface area (Å²) in [5.74, 6) is -0.702. The fraction of sp³-hybridized carbons (Fsp3) is 0.231. The Balaban J connectivity index is 2.63. The fourth-order valence-electron chi connectivity index (χ4n) is 1.68. The third kappa shape index (κ3) is 2.20. The molecule has 0 saturated heterocycles. The van der Waals surface area contributed by atoms with Crippen LogP contribution in [0.1, 0.15) is 24.2 Å². The number of nitrogens with zero attached hydrogens (tertiary/aromatic N) is 1. The van der Waals surface area contributed by atoms with E-state index in [1.807, 2.05) is 13.8 Å². The van der Waals surface area contributed by atoms with Gasteiger partial charge in [-0.05, 0) is 38.1 Å².